The molecule has 0 radical (unpaired) electrons. The summed E-state index contributed by atoms with van der Waals surface area (Å²) < 4.78 is 1.67. The number of nitro benzene ring substituents is 1. The molecule has 0 bridgehead atoms. The number of nitro groups is 1. The standard InChI is InChI=1S/C19H15ClN4O3/c20-17-7-2-1-5-15(17)13-23-11-10-18(22-23)21-19(25)9-8-14-4-3-6-16(12-14)24(26)27/h1-12H,13H2,(H,21,22,25)/b9-8+. The van der Waals surface area contributed by atoms with E-state index in [1.165, 1.54) is 24.3 Å². The fraction of sp³-hybridized carbons (Fsp3) is 0.0526. The Morgan fingerprint density at radius 1 is 1.22 bits per heavy atom. The SMILES string of the molecule is O=C(/C=C/c1cccc([N+](=O)[O-])c1)Nc1ccn(Cc2ccccc2Cl)n1. The predicted octanol–water partition coefficient (Wildman–Crippen LogP) is 4.14. The zero-order chi connectivity index (χ0) is 19.2. The van der Waals surface area contributed by atoms with E-state index in [9.17, 15) is 14.9 Å². The number of halogens is 1. The van der Waals surface area contributed by atoms with E-state index in [0.29, 0.717) is 22.9 Å². The Hall–Kier alpha value is -3.45. The van der Waals surface area contributed by atoms with E-state index in [1.54, 1.807) is 29.1 Å². The van der Waals surface area contributed by atoms with E-state index in [2.05, 4.69) is 10.4 Å². The average Bonchev–Trinajstić information content (AvgIpc) is 3.09. The number of hydrogen-bond acceptors (Lipinski definition) is 4. The van der Waals surface area contributed by atoms with Gasteiger partial charge in [-0.3, -0.25) is 19.6 Å². The third-order valence-corrected chi connectivity index (χ3v) is 4.06. The molecule has 0 spiro atoms. The molecule has 27 heavy (non-hydrogen) atoms. The summed E-state index contributed by atoms with van der Waals surface area (Å²) in [5.74, 6) is 0.0141. The van der Waals surface area contributed by atoms with Crippen molar-refractivity contribution in [2.24, 2.45) is 0 Å². The lowest BCUT2D eigenvalue weighted by Crippen LogP contribution is -2.09. The van der Waals surface area contributed by atoms with Gasteiger partial charge in [0.15, 0.2) is 5.82 Å². The summed E-state index contributed by atoms with van der Waals surface area (Å²) in [4.78, 5) is 22.3. The molecule has 1 aromatic heterocycles. The molecular weight excluding hydrogens is 368 g/mol. The van der Waals surface area contributed by atoms with Crippen molar-refractivity contribution >= 4 is 35.1 Å². The normalized spacial score (nSPS) is 10.9. The number of carbonyl (C=O) groups excluding carboxylic acids is 1. The molecule has 0 aliphatic heterocycles. The summed E-state index contributed by atoms with van der Waals surface area (Å²) in [6.07, 6.45) is 4.54. The highest BCUT2D eigenvalue weighted by Gasteiger charge is 2.06. The fourth-order valence-electron chi connectivity index (χ4n) is 2.40. The number of amides is 1. The highest BCUT2D eigenvalue weighted by molar-refractivity contribution is 6.31. The van der Waals surface area contributed by atoms with Crippen LogP contribution in [0.3, 0.4) is 0 Å². The summed E-state index contributed by atoms with van der Waals surface area (Å²) in [7, 11) is 0. The third kappa shape index (κ3) is 5.02. The van der Waals surface area contributed by atoms with Crippen LogP contribution in [-0.4, -0.2) is 20.6 Å². The van der Waals surface area contributed by atoms with Gasteiger partial charge in [0.1, 0.15) is 0 Å². The van der Waals surface area contributed by atoms with Gasteiger partial charge in [-0.05, 0) is 23.3 Å². The molecule has 0 saturated carbocycles. The van der Waals surface area contributed by atoms with Crippen molar-refractivity contribution < 1.29 is 9.72 Å². The largest absolute Gasteiger partial charge is 0.306 e. The first-order chi connectivity index (χ1) is 13.0. The van der Waals surface area contributed by atoms with Crippen molar-refractivity contribution in [3.8, 4) is 0 Å². The molecule has 3 rings (SSSR count). The Bertz CT molecular complexity index is 1010. The quantitative estimate of drug-likeness (QED) is 0.394. The van der Waals surface area contributed by atoms with Crippen molar-refractivity contribution in [2.45, 2.75) is 6.54 Å². The van der Waals surface area contributed by atoms with Gasteiger partial charge in [-0.15, -0.1) is 0 Å². The molecule has 0 saturated heterocycles. The summed E-state index contributed by atoms with van der Waals surface area (Å²) in [5, 5.41) is 18.3. The maximum Gasteiger partial charge on any atom is 0.270 e. The van der Waals surface area contributed by atoms with Gasteiger partial charge in [0.2, 0.25) is 5.91 Å². The zero-order valence-electron chi connectivity index (χ0n) is 14.1. The first-order valence-electron chi connectivity index (χ1n) is 8.01. The van der Waals surface area contributed by atoms with Crippen molar-refractivity contribution in [1.29, 1.82) is 0 Å². The summed E-state index contributed by atoms with van der Waals surface area (Å²) in [6, 6.07) is 15.2. The first kappa shape index (κ1) is 18.3. The van der Waals surface area contributed by atoms with Crippen LogP contribution in [0.5, 0.6) is 0 Å². The molecule has 7 nitrogen and oxygen atoms in total. The lowest BCUT2D eigenvalue weighted by molar-refractivity contribution is -0.384. The number of carbonyl (C=O) groups is 1. The number of benzene rings is 2. The lowest BCUT2D eigenvalue weighted by atomic mass is 10.2. The first-order valence-corrected chi connectivity index (χ1v) is 8.39. The van der Waals surface area contributed by atoms with Crippen LogP contribution in [0, 0.1) is 10.1 Å². The minimum absolute atomic E-state index is 0.0316. The maximum absolute atomic E-state index is 12.0. The number of rotatable bonds is 6. The predicted molar refractivity (Wildman–Crippen MR) is 104 cm³/mol. The number of non-ortho nitro benzene ring substituents is 1. The van der Waals surface area contributed by atoms with Crippen molar-refractivity contribution in [1.82, 2.24) is 9.78 Å². The molecule has 1 N–H and O–H groups in total. The highest BCUT2D eigenvalue weighted by Crippen LogP contribution is 2.17. The molecule has 0 unspecified atom stereocenters. The Morgan fingerprint density at radius 3 is 2.81 bits per heavy atom. The minimum atomic E-state index is -0.483. The second-order valence-corrected chi connectivity index (χ2v) is 6.07. The van der Waals surface area contributed by atoms with E-state index >= 15 is 0 Å². The second kappa shape index (κ2) is 8.29. The monoisotopic (exact) mass is 382 g/mol. The van der Waals surface area contributed by atoms with Crippen LogP contribution in [-0.2, 0) is 11.3 Å². The molecule has 136 valence electrons. The van der Waals surface area contributed by atoms with Gasteiger partial charge in [-0.25, -0.2) is 0 Å². The van der Waals surface area contributed by atoms with Crippen LogP contribution in [0.15, 0.2) is 66.9 Å². The smallest absolute Gasteiger partial charge is 0.270 e. The van der Waals surface area contributed by atoms with Crippen LogP contribution in [0.4, 0.5) is 11.5 Å². The van der Waals surface area contributed by atoms with Crippen molar-refractivity contribution in [3.05, 3.63) is 93.1 Å². The Kier molecular flexibility index (Phi) is 5.63. The third-order valence-electron chi connectivity index (χ3n) is 3.69. The Morgan fingerprint density at radius 2 is 2.04 bits per heavy atom. The van der Waals surface area contributed by atoms with Crippen LogP contribution in [0.1, 0.15) is 11.1 Å². The van der Waals surface area contributed by atoms with Gasteiger partial charge in [0, 0.05) is 35.5 Å². The van der Waals surface area contributed by atoms with Crippen LogP contribution < -0.4 is 5.32 Å². The van der Waals surface area contributed by atoms with E-state index in [1.807, 2.05) is 24.3 Å². The molecule has 3 aromatic rings. The average molecular weight is 383 g/mol. The van der Waals surface area contributed by atoms with Gasteiger partial charge >= 0.3 is 0 Å². The zero-order valence-corrected chi connectivity index (χ0v) is 14.8. The van der Waals surface area contributed by atoms with E-state index in [0.717, 1.165) is 5.56 Å². The number of aromatic nitrogens is 2. The van der Waals surface area contributed by atoms with Gasteiger partial charge in [0.25, 0.3) is 5.69 Å². The second-order valence-electron chi connectivity index (χ2n) is 5.66. The van der Waals surface area contributed by atoms with Gasteiger partial charge in [0.05, 0.1) is 11.5 Å². The topological polar surface area (TPSA) is 90.1 Å². The summed E-state index contributed by atoms with van der Waals surface area (Å²) in [5.41, 5.74) is 1.45. The minimum Gasteiger partial charge on any atom is -0.306 e. The molecule has 2 aromatic carbocycles. The number of nitrogens with zero attached hydrogens (tertiary/aromatic N) is 3. The molecule has 1 heterocycles. The van der Waals surface area contributed by atoms with Crippen LogP contribution in [0.2, 0.25) is 5.02 Å². The van der Waals surface area contributed by atoms with E-state index in [-0.39, 0.29) is 11.6 Å². The van der Waals surface area contributed by atoms with E-state index in [4.69, 9.17) is 11.6 Å². The highest BCUT2D eigenvalue weighted by atomic mass is 35.5. The van der Waals surface area contributed by atoms with Crippen LogP contribution in [0.25, 0.3) is 6.08 Å². The van der Waals surface area contributed by atoms with Crippen molar-refractivity contribution in [3.63, 3.8) is 0 Å². The van der Waals surface area contributed by atoms with Gasteiger partial charge in [-0.2, -0.15) is 5.10 Å². The molecule has 8 heteroatoms. The number of hydrogen-bond donors (Lipinski definition) is 1. The number of nitrogens with one attached hydrogen (secondary N) is 1. The van der Waals surface area contributed by atoms with Crippen molar-refractivity contribution in [2.75, 3.05) is 5.32 Å². The molecular formula is C19H15ClN4O3. The van der Waals surface area contributed by atoms with E-state index < -0.39 is 4.92 Å². The molecule has 0 fully saturated rings. The number of anilines is 1. The van der Waals surface area contributed by atoms with Gasteiger partial charge < -0.3 is 5.32 Å². The fourth-order valence-corrected chi connectivity index (χ4v) is 2.59. The Balaban J connectivity index is 1.62. The lowest BCUT2D eigenvalue weighted by Gasteiger charge is -2.04. The maximum atomic E-state index is 12.0. The van der Waals surface area contributed by atoms with Crippen LogP contribution >= 0.6 is 11.6 Å². The van der Waals surface area contributed by atoms with Gasteiger partial charge in [-0.1, -0.05) is 41.9 Å². The Labute approximate surface area is 160 Å². The summed E-state index contributed by atoms with van der Waals surface area (Å²) >= 11 is 6.13. The molecule has 0 aliphatic carbocycles. The molecule has 1 amide bonds. The molecule has 0 aliphatic rings. The summed E-state index contributed by atoms with van der Waals surface area (Å²) in [6.45, 7) is 0.485. The molecule has 0 atom stereocenters.